The molecule has 0 saturated heterocycles. The Morgan fingerprint density at radius 3 is 2.57 bits per heavy atom. The minimum atomic E-state index is -4.15. The molecule has 0 aromatic heterocycles. The van der Waals surface area contributed by atoms with Crippen molar-refractivity contribution in [2.24, 2.45) is 22.4 Å². The third-order valence-corrected chi connectivity index (χ3v) is 7.64. The first-order valence-corrected chi connectivity index (χ1v) is 11.1. The van der Waals surface area contributed by atoms with Gasteiger partial charge in [0, 0.05) is 5.57 Å². The fourth-order valence-corrected chi connectivity index (χ4v) is 6.43. The Hall–Kier alpha value is -1.67. The number of benzene rings is 1. The Bertz CT molecular complexity index is 942. The van der Waals surface area contributed by atoms with Crippen LogP contribution in [0.5, 0.6) is 11.5 Å². The maximum atomic E-state index is 13.5. The first-order valence-electron chi connectivity index (χ1n) is 9.61. The van der Waals surface area contributed by atoms with Crippen molar-refractivity contribution in [3.05, 3.63) is 34.9 Å². The van der Waals surface area contributed by atoms with Crippen LogP contribution in [0.4, 0.5) is 8.78 Å². The molecule has 4 atom stereocenters. The van der Waals surface area contributed by atoms with Gasteiger partial charge in [-0.2, -0.15) is 22.3 Å². The van der Waals surface area contributed by atoms with E-state index in [0.717, 1.165) is 43.2 Å². The highest BCUT2D eigenvalue weighted by Crippen LogP contribution is 2.63. The Kier molecular flexibility index (Phi) is 4.69. The molecule has 0 bridgehead atoms. The van der Waals surface area contributed by atoms with Crippen molar-refractivity contribution in [2.45, 2.75) is 51.4 Å². The summed E-state index contributed by atoms with van der Waals surface area (Å²) in [5.41, 5.74) is 2.10. The molecule has 154 valence electrons. The molecule has 2 N–H and O–H groups in total. The second-order valence-electron chi connectivity index (χ2n) is 8.43. The van der Waals surface area contributed by atoms with Crippen molar-refractivity contribution < 1.29 is 26.1 Å². The molecule has 28 heavy (non-hydrogen) atoms. The molecule has 5 nitrogen and oxygen atoms in total. The van der Waals surface area contributed by atoms with Gasteiger partial charge in [-0.15, -0.1) is 0 Å². The molecule has 0 aliphatic heterocycles. The zero-order chi connectivity index (χ0) is 20.3. The smallest absolute Gasteiger partial charge is 0.380 e. The van der Waals surface area contributed by atoms with Crippen molar-refractivity contribution in [2.75, 3.05) is 7.11 Å². The predicted molar refractivity (Wildman–Crippen MR) is 101 cm³/mol. The van der Waals surface area contributed by atoms with Gasteiger partial charge in [0.05, 0.1) is 7.11 Å². The molecule has 0 amide bonds. The highest BCUT2D eigenvalue weighted by atomic mass is 32.2. The van der Waals surface area contributed by atoms with Crippen LogP contribution in [0.3, 0.4) is 0 Å². The summed E-state index contributed by atoms with van der Waals surface area (Å²) in [7, 11) is -2.70. The van der Waals surface area contributed by atoms with Crippen molar-refractivity contribution in [1.82, 2.24) is 0 Å². The van der Waals surface area contributed by atoms with Crippen molar-refractivity contribution in [3.8, 4) is 11.5 Å². The van der Waals surface area contributed by atoms with Crippen LogP contribution in [0, 0.1) is 17.3 Å². The molecule has 3 aliphatic rings. The molecule has 0 radical (unpaired) electrons. The monoisotopic (exact) mass is 413 g/mol. The number of allylic oxidation sites excluding steroid dienone is 1. The number of aryl methyl sites for hydroxylation is 1. The summed E-state index contributed by atoms with van der Waals surface area (Å²) in [6.07, 6.45) is 3.04. The third kappa shape index (κ3) is 3.10. The van der Waals surface area contributed by atoms with Crippen LogP contribution in [-0.2, 0) is 16.7 Å². The second kappa shape index (κ2) is 6.69. The topological polar surface area (TPSA) is 78.6 Å². The summed E-state index contributed by atoms with van der Waals surface area (Å²) in [6, 6.07) is 3.54. The number of nitrogens with two attached hydrogens (primary N) is 1. The van der Waals surface area contributed by atoms with Gasteiger partial charge in [0.2, 0.25) is 0 Å². The standard InChI is InChI=1S/C20H25F2NO4S/c1-20-8-7-12-13(15(20)5-6-16(20)19(21)22)4-3-11-9-18(27-28(23,24)25)17(26-2)10-14(11)12/h9-10,12-13,15H,3-8H2,1-2H3,(H2,23,24,25)/t12-,13+,15-,20-/m0/s1. The van der Waals surface area contributed by atoms with Gasteiger partial charge in [0.25, 0.3) is 6.08 Å². The molecule has 0 unspecified atom stereocenters. The number of methoxy groups -OCH3 is 1. The molecule has 1 aromatic rings. The second-order valence-corrected chi connectivity index (χ2v) is 9.58. The molecule has 3 aliphatic carbocycles. The lowest BCUT2D eigenvalue weighted by Crippen LogP contribution is -2.40. The lowest BCUT2D eigenvalue weighted by Gasteiger charge is -2.49. The largest absolute Gasteiger partial charge is 0.493 e. The first-order chi connectivity index (χ1) is 13.1. The molecule has 2 fully saturated rings. The van der Waals surface area contributed by atoms with E-state index < -0.39 is 21.8 Å². The van der Waals surface area contributed by atoms with Crippen LogP contribution < -0.4 is 14.1 Å². The zero-order valence-electron chi connectivity index (χ0n) is 16.0. The average molecular weight is 413 g/mol. The maximum absolute atomic E-state index is 13.5. The van der Waals surface area contributed by atoms with E-state index in [0.29, 0.717) is 23.7 Å². The average Bonchev–Trinajstić information content (AvgIpc) is 2.97. The first kappa shape index (κ1) is 19.6. The van der Waals surface area contributed by atoms with Crippen LogP contribution in [-0.4, -0.2) is 15.5 Å². The van der Waals surface area contributed by atoms with E-state index in [-0.39, 0.29) is 17.6 Å². The summed E-state index contributed by atoms with van der Waals surface area (Å²) in [5.74, 6) is 1.28. The lowest BCUT2D eigenvalue weighted by atomic mass is 9.55. The summed E-state index contributed by atoms with van der Waals surface area (Å²) in [6.45, 7) is 2.01. The van der Waals surface area contributed by atoms with Crippen molar-refractivity contribution >= 4 is 10.3 Å². The molecule has 8 heteroatoms. The number of hydrogen-bond acceptors (Lipinski definition) is 4. The van der Waals surface area contributed by atoms with Gasteiger partial charge < -0.3 is 8.92 Å². The maximum Gasteiger partial charge on any atom is 0.380 e. The number of hydrogen-bond donors (Lipinski definition) is 1. The third-order valence-electron chi connectivity index (χ3n) is 7.23. The molecular formula is C20H25F2NO4S. The molecule has 1 aromatic carbocycles. The Labute approximate surface area is 164 Å². The summed E-state index contributed by atoms with van der Waals surface area (Å²) >= 11 is 0. The van der Waals surface area contributed by atoms with Gasteiger partial charge in [-0.3, -0.25) is 0 Å². The van der Waals surface area contributed by atoms with E-state index in [4.69, 9.17) is 14.1 Å². The Morgan fingerprint density at radius 1 is 1.18 bits per heavy atom. The van der Waals surface area contributed by atoms with Gasteiger partial charge in [-0.25, -0.2) is 0 Å². The molecule has 0 spiro atoms. The molecule has 0 heterocycles. The Morgan fingerprint density at radius 2 is 1.93 bits per heavy atom. The number of fused-ring (bicyclic) bond motifs is 5. The highest BCUT2D eigenvalue weighted by molar-refractivity contribution is 7.84. The lowest BCUT2D eigenvalue weighted by molar-refractivity contribution is 0.0782. The normalized spacial score (nSPS) is 31.6. The number of halogens is 2. The van der Waals surface area contributed by atoms with E-state index >= 15 is 0 Å². The van der Waals surface area contributed by atoms with E-state index in [1.165, 1.54) is 7.11 Å². The van der Waals surface area contributed by atoms with Gasteiger partial charge in [-0.05, 0) is 85.0 Å². The van der Waals surface area contributed by atoms with Crippen LogP contribution >= 0.6 is 0 Å². The fourth-order valence-electron chi connectivity index (χ4n) is 6.05. The zero-order valence-corrected chi connectivity index (χ0v) is 16.8. The van der Waals surface area contributed by atoms with Crippen molar-refractivity contribution in [3.63, 3.8) is 0 Å². The summed E-state index contributed by atoms with van der Waals surface area (Å²) in [5, 5.41) is 5.01. The minimum absolute atomic E-state index is 0.0911. The molecular weight excluding hydrogens is 388 g/mol. The van der Waals surface area contributed by atoms with Gasteiger partial charge in [-0.1, -0.05) is 6.92 Å². The summed E-state index contributed by atoms with van der Waals surface area (Å²) in [4.78, 5) is 0. The SMILES string of the molecule is COc1cc2c(cc1OS(N)(=O)=O)CC[C@@H]1[C@@H]2CC[C@]2(C)C(=C(F)F)CC[C@@H]12. The summed E-state index contributed by atoms with van der Waals surface area (Å²) < 4.78 is 59.9. The van der Waals surface area contributed by atoms with Gasteiger partial charge in [0.15, 0.2) is 11.5 Å². The van der Waals surface area contributed by atoms with E-state index in [1.54, 1.807) is 6.07 Å². The predicted octanol–water partition coefficient (Wildman–Crippen LogP) is 4.28. The van der Waals surface area contributed by atoms with Crippen LogP contribution in [0.1, 0.15) is 56.1 Å². The van der Waals surface area contributed by atoms with Crippen LogP contribution in [0.25, 0.3) is 0 Å². The van der Waals surface area contributed by atoms with E-state index in [1.807, 2.05) is 13.0 Å². The minimum Gasteiger partial charge on any atom is -0.493 e. The Balaban J connectivity index is 1.71. The number of ether oxygens (including phenoxy) is 1. The molecule has 2 saturated carbocycles. The van der Waals surface area contributed by atoms with Crippen LogP contribution in [0.15, 0.2) is 23.8 Å². The van der Waals surface area contributed by atoms with Crippen molar-refractivity contribution in [1.29, 1.82) is 0 Å². The fraction of sp³-hybridized carbons (Fsp3) is 0.600. The number of rotatable bonds is 3. The van der Waals surface area contributed by atoms with E-state index in [2.05, 4.69) is 0 Å². The van der Waals surface area contributed by atoms with E-state index in [9.17, 15) is 17.2 Å². The van der Waals surface area contributed by atoms with Gasteiger partial charge >= 0.3 is 10.3 Å². The van der Waals surface area contributed by atoms with Gasteiger partial charge in [0.1, 0.15) is 0 Å². The highest BCUT2D eigenvalue weighted by Gasteiger charge is 2.53. The molecule has 4 rings (SSSR count). The van der Waals surface area contributed by atoms with Crippen LogP contribution in [0.2, 0.25) is 0 Å². The quantitative estimate of drug-likeness (QED) is 0.802.